The molecule has 3 heteroatoms. The van der Waals surface area contributed by atoms with Gasteiger partial charge in [-0.25, -0.2) is 9.78 Å². The van der Waals surface area contributed by atoms with Crippen LogP contribution >= 0.6 is 0 Å². The SMILES string of the molecule is COC(=O)c1ccc(CC2(c3ccccc3)CCCCC2)cn1. The summed E-state index contributed by atoms with van der Waals surface area (Å²) in [5.41, 5.74) is 3.18. The Kier molecular flexibility index (Phi) is 4.75. The second-order valence-electron chi connectivity index (χ2n) is 6.43. The Morgan fingerprint density at radius 2 is 1.83 bits per heavy atom. The van der Waals surface area contributed by atoms with Crippen LogP contribution in [-0.4, -0.2) is 18.1 Å². The smallest absolute Gasteiger partial charge is 0.356 e. The minimum Gasteiger partial charge on any atom is -0.464 e. The van der Waals surface area contributed by atoms with E-state index in [1.165, 1.54) is 50.3 Å². The molecule has 3 rings (SSSR count). The molecular weight excluding hydrogens is 286 g/mol. The first-order valence-corrected chi connectivity index (χ1v) is 8.32. The third-order valence-corrected chi connectivity index (χ3v) is 4.96. The number of methoxy groups -OCH3 is 1. The van der Waals surface area contributed by atoms with Gasteiger partial charge in [0.2, 0.25) is 0 Å². The molecule has 1 heterocycles. The van der Waals surface area contributed by atoms with Crippen LogP contribution in [0.4, 0.5) is 0 Å². The second-order valence-corrected chi connectivity index (χ2v) is 6.43. The van der Waals surface area contributed by atoms with Crippen molar-refractivity contribution >= 4 is 5.97 Å². The lowest BCUT2D eigenvalue weighted by atomic mass is 9.66. The predicted molar refractivity (Wildman–Crippen MR) is 90.5 cm³/mol. The molecule has 2 aromatic rings. The number of hydrogen-bond acceptors (Lipinski definition) is 3. The monoisotopic (exact) mass is 309 g/mol. The second kappa shape index (κ2) is 6.95. The van der Waals surface area contributed by atoms with Gasteiger partial charge in [0.25, 0.3) is 0 Å². The van der Waals surface area contributed by atoms with E-state index < -0.39 is 0 Å². The molecule has 0 atom stereocenters. The number of hydrogen-bond donors (Lipinski definition) is 0. The summed E-state index contributed by atoms with van der Waals surface area (Å²) in [4.78, 5) is 15.8. The Balaban J connectivity index is 1.86. The first-order chi connectivity index (χ1) is 11.2. The molecule has 0 aliphatic heterocycles. The highest BCUT2D eigenvalue weighted by Gasteiger charge is 2.33. The van der Waals surface area contributed by atoms with Crippen LogP contribution in [0.1, 0.15) is 53.7 Å². The number of rotatable bonds is 4. The fourth-order valence-corrected chi connectivity index (χ4v) is 3.73. The van der Waals surface area contributed by atoms with Crippen LogP contribution in [-0.2, 0) is 16.6 Å². The largest absolute Gasteiger partial charge is 0.464 e. The third-order valence-electron chi connectivity index (χ3n) is 4.96. The van der Waals surface area contributed by atoms with Crippen LogP contribution in [0, 0.1) is 0 Å². The van der Waals surface area contributed by atoms with Crippen molar-refractivity contribution in [1.82, 2.24) is 4.98 Å². The minimum atomic E-state index is -0.382. The summed E-state index contributed by atoms with van der Waals surface area (Å²) < 4.78 is 4.71. The van der Waals surface area contributed by atoms with Gasteiger partial charge in [-0.15, -0.1) is 0 Å². The van der Waals surface area contributed by atoms with Gasteiger partial charge >= 0.3 is 5.97 Å². The van der Waals surface area contributed by atoms with Gasteiger partial charge in [0.15, 0.2) is 0 Å². The molecule has 0 spiro atoms. The Hall–Kier alpha value is -2.16. The number of nitrogens with zero attached hydrogens (tertiary/aromatic N) is 1. The lowest BCUT2D eigenvalue weighted by Crippen LogP contribution is -2.31. The van der Waals surface area contributed by atoms with Crippen LogP contribution in [0.2, 0.25) is 0 Å². The Morgan fingerprint density at radius 1 is 1.09 bits per heavy atom. The molecule has 1 aromatic carbocycles. The average Bonchev–Trinajstić information content (AvgIpc) is 2.63. The zero-order valence-corrected chi connectivity index (χ0v) is 13.6. The fourth-order valence-electron chi connectivity index (χ4n) is 3.73. The normalized spacial score (nSPS) is 16.7. The summed E-state index contributed by atoms with van der Waals surface area (Å²) in [5, 5.41) is 0. The van der Waals surface area contributed by atoms with Crippen LogP contribution in [0.5, 0.6) is 0 Å². The van der Waals surface area contributed by atoms with Gasteiger partial charge in [-0.05, 0) is 41.9 Å². The first kappa shape index (κ1) is 15.7. The van der Waals surface area contributed by atoms with E-state index in [-0.39, 0.29) is 11.4 Å². The molecule has 0 N–H and O–H groups in total. The molecule has 0 amide bonds. The highest BCUT2D eigenvalue weighted by molar-refractivity contribution is 5.86. The van der Waals surface area contributed by atoms with Gasteiger partial charge in [-0.2, -0.15) is 0 Å². The van der Waals surface area contributed by atoms with Crippen molar-refractivity contribution in [2.24, 2.45) is 0 Å². The number of aromatic nitrogens is 1. The van der Waals surface area contributed by atoms with Crippen molar-refractivity contribution in [2.45, 2.75) is 43.9 Å². The highest BCUT2D eigenvalue weighted by atomic mass is 16.5. The number of pyridine rings is 1. The molecule has 3 nitrogen and oxygen atoms in total. The van der Waals surface area contributed by atoms with E-state index in [0.29, 0.717) is 5.69 Å². The number of esters is 1. The van der Waals surface area contributed by atoms with Crippen molar-refractivity contribution in [3.05, 3.63) is 65.5 Å². The topological polar surface area (TPSA) is 39.2 Å². The molecule has 23 heavy (non-hydrogen) atoms. The highest BCUT2D eigenvalue weighted by Crippen LogP contribution is 2.41. The van der Waals surface area contributed by atoms with E-state index in [4.69, 9.17) is 4.74 Å². The van der Waals surface area contributed by atoms with Crippen LogP contribution in [0.25, 0.3) is 0 Å². The Bertz CT molecular complexity index is 643. The fraction of sp³-hybridized carbons (Fsp3) is 0.400. The zero-order chi connectivity index (χ0) is 16.1. The summed E-state index contributed by atoms with van der Waals surface area (Å²) in [6.07, 6.45) is 9.13. The predicted octanol–water partition coefficient (Wildman–Crippen LogP) is 4.31. The summed E-state index contributed by atoms with van der Waals surface area (Å²) in [7, 11) is 1.38. The van der Waals surface area contributed by atoms with Crippen LogP contribution in [0.15, 0.2) is 48.7 Å². The Morgan fingerprint density at radius 3 is 2.43 bits per heavy atom. The zero-order valence-electron chi connectivity index (χ0n) is 13.6. The van der Waals surface area contributed by atoms with Gasteiger partial charge in [-0.1, -0.05) is 55.7 Å². The lowest BCUT2D eigenvalue weighted by Gasteiger charge is -2.38. The quantitative estimate of drug-likeness (QED) is 0.790. The molecule has 120 valence electrons. The van der Waals surface area contributed by atoms with E-state index >= 15 is 0 Å². The number of ether oxygens (including phenoxy) is 1. The molecule has 0 saturated heterocycles. The lowest BCUT2D eigenvalue weighted by molar-refractivity contribution is 0.0594. The maximum absolute atomic E-state index is 11.5. The number of carbonyl (C=O) groups excluding carboxylic acids is 1. The minimum absolute atomic E-state index is 0.202. The van der Waals surface area contributed by atoms with Crippen molar-refractivity contribution in [3.8, 4) is 0 Å². The van der Waals surface area contributed by atoms with Crippen molar-refractivity contribution in [2.75, 3.05) is 7.11 Å². The summed E-state index contributed by atoms with van der Waals surface area (Å²) in [6, 6.07) is 14.6. The van der Waals surface area contributed by atoms with E-state index in [9.17, 15) is 4.79 Å². The van der Waals surface area contributed by atoms with E-state index in [0.717, 1.165) is 6.42 Å². The molecule has 1 fully saturated rings. The summed E-state index contributed by atoms with van der Waals surface area (Å²) >= 11 is 0. The summed E-state index contributed by atoms with van der Waals surface area (Å²) in [5.74, 6) is -0.382. The molecule has 0 radical (unpaired) electrons. The number of benzene rings is 1. The number of carbonyl (C=O) groups is 1. The van der Waals surface area contributed by atoms with Crippen molar-refractivity contribution < 1.29 is 9.53 Å². The van der Waals surface area contributed by atoms with Crippen molar-refractivity contribution in [1.29, 1.82) is 0 Å². The van der Waals surface area contributed by atoms with E-state index in [1.54, 1.807) is 6.07 Å². The van der Waals surface area contributed by atoms with Gasteiger partial charge in [0.1, 0.15) is 5.69 Å². The summed E-state index contributed by atoms with van der Waals surface area (Å²) in [6.45, 7) is 0. The van der Waals surface area contributed by atoms with E-state index in [1.807, 2.05) is 12.3 Å². The molecule has 1 aliphatic carbocycles. The van der Waals surface area contributed by atoms with Crippen molar-refractivity contribution in [3.63, 3.8) is 0 Å². The third kappa shape index (κ3) is 3.44. The maximum atomic E-state index is 11.5. The average molecular weight is 309 g/mol. The standard InChI is InChI=1S/C20H23NO2/c1-23-19(22)18-11-10-16(15-21-18)14-20(12-6-3-7-13-20)17-8-4-2-5-9-17/h2,4-5,8-11,15H,3,6-7,12-14H2,1H3. The maximum Gasteiger partial charge on any atom is 0.356 e. The van der Waals surface area contributed by atoms with Gasteiger partial charge in [0, 0.05) is 6.20 Å². The van der Waals surface area contributed by atoms with Crippen LogP contribution < -0.4 is 0 Å². The molecule has 1 saturated carbocycles. The van der Waals surface area contributed by atoms with Gasteiger partial charge in [0.05, 0.1) is 7.11 Å². The van der Waals surface area contributed by atoms with Gasteiger partial charge < -0.3 is 4.74 Å². The van der Waals surface area contributed by atoms with Gasteiger partial charge in [-0.3, -0.25) is 0 Å². The molecule has 1 aliphatic rings. The molecule has 1 aromatic heterocycles. The first-order valence-electron chi connectivity index (χ1n) is 8.32. The molecule has 0 bridgehead atoms. The van der Waals surface area contributed by atoms with E-state index in [2.05, 4.69) is 35.3 Å². The Labute approximate surface area is 137 Å². The van der Waals surface area contributed by atoms with Crippen LogP contribution in [0.3, 0.4) is 0 Å². The molecule has 0 unspecified atom stereocenters. The molecular formula is C20H23NO2.